The summed E-state index contributed by atoms with van der Waals surface area (Å²) in [6, 6.07) is 0. The molecule has 0 nitrogen and oxygen atoms in total. The van der Waals surface area contributed by atoms with E-state index in [0.717, 1.165) is 11.5 Å². The molecule has 0 fully saturated rings. The molecule has 0 aliphatic carbocycles. The molecule has 0 bridgehead atoms. The van der Waals surface area contributed by atoms with Crippen LogP contribution in [0.4, 0.5) is 0 Å². The average molecular weight is 553 g/mol. The van der Waals surface area contributed by atoms with E-state index in [0.29, 0.717) is 0 Å². The van der Waals surface area contributed by atoms with Crippen molar-refractivity contribution in [1.29, 1.82) is 0 Å². The highest BCUT2D eigenvalue weighted by Gasteiger charge is 2.29. The quantitative estimate of drug-likeness (QED) is 0.310. The van der Waals surface area contributed by atoms with Crippen molar-refractivity contribution in [2.45, 2.75) is 13.8 Å². The summed E-state index contributed by atoms with van der Waals surface area (Å²) >= 11 is 19.1. The first kappa shape index (κ1) is 22.9. The van der Waals surface area contributed by atoms with Crippen LogP contribution in [-0.2, 0) is 0 Å². The normalized spacial score (nSPS) is 21.4. The molecule has 4 aliphatic rings. The van der Waals surface area contributed by atoms with Crippen LogP contribution in [-0.4, -0.2) is 11.5 Å². The zero-order chi connectivity index (χ0) is 19.3. The standard InChI is InChI=1S/C18H16S10/c1-3-19-15-16(20-4-2)24-12(23-15)7-8-14-27-17-18(28-14)26-13(25-17)6-5-11-21-9-10-22-11/h5-10H,3-4H2,1-2H3. The minimum atomic E-state index is 1.14. The Labute approximate surface area is 209 Å². The minimum absolute atomic E-state index is 1.14. The SMILES string of the molecule is CCSC1=C(SCC)SC(=CC=C2SC3=C(SC(=CC=C4SC=CS4)S3)S2)S1. The van der Waals surface area contributed by atoms with E-state index in [-0.39, 0.29) is 0 Å². The summed E-state index contributed by atoms with van der Waals surface area (Å²) in [5, 5.41) is 4.29. The summed E-state index contributed by atoms with van der Waals surface area (Å²) in [4.78, 5) is 0. The zero-order valence-electron chi connectivity index (χ0n) is 15.0. The Morgan fingerprint density at radius 3 is 1.43 bits per heavy atom. The van der Waals surface area contributed by atoms with Gasteiger partial charge in [0.1, 0.15) is 0 Å². The van der Waals surface area contributed by atoms with Gasteiger partial charge in [0.15, 0.2) is 0 Å². The maximum atomic E-state index is 2.31. The van der Waals surface area contributed by atoms with E-state index in [1.54, 1.807) is 23.5 Å². The molecule has 0 saturated heterocycles. The van der Waals surface area contributed by atoms with E-state index in [1.165, 1.54) is 33.9 Å². The molecule has 0 radical (unpaired) electrons. The smallest absolute Gasteiger partial charge is 0.0716 e. The minimum Gasteiger partial charge on any atom is -0.118 e. The topological polar surface area (TPSA) is 0 Å². The van der Waals surface area contributed by atoms with Crippen LogP contribution in [0.1, 0.15) is 13.8 Å². The van der Waals surface area contributed by atoms with Crippen LogP contribution < -0.4 is 0 Å². The lowest BCUT2D eigenvalue weighted by atomic mass is 10.6. The van der Waals surface area contributed by atoms with Crippen LogP contribution >= 0.6 is 118 Å². The van der Waals surface area contributed by atoms with Crippen LogP contribution in [0.25, 0.3) is 0 Å². The predicted molar refractivity (Wildman–Crippen MR) is 153 cm³/mol. The van der Waals surface area contributed by atoms with Gasteiger partial charge in [-0.3, -0.25) is 0 Å². The van der Waals surface area contributed by atoms with Crippen LogP contribution in [0.2, 0.25) is 0 Å². The number of hydrogen-bond donors (Lipinski definition) is 0. The highest BCUT2D eigenvalue weighted by atomic mass is 32.3. The van der Waals surface area contributed by atoms with Gasteiger partial charge in [0.2, 0.25) is 0 Å². The Kier molecular flexibility index (Phi) is 9.40. The first-order chi connectivity index (χ1) is 13.7. The molecule has 0 saturated carbocycles. The molecule has 0 aromatic heterocycles. The monoisotopic (exact) mass is 552 g/mol. The Morgan fingerprint density at radius 2 is 1.00 bits per heavy atom. The molecule has 0 aromatic carbocycles. The van der Waals surface area contributed by atoms with Crippen molar-refractivity contribution in [2.75, 3.05) is 11.5 Å². The average Bonchev–Trinajstić information content (AvgIpc) is 3.43. The third-order valence-electron chi connectivity index (χ3n) is 3.18. The highest BCUT2D eigenvalue weighted by Crippen LogP contribution is 2.66. The molecule has 148 valence electrons. The molecule has 4 rings (SSSR count). The third kappa shape index (κ3) is 6.13. The van der Waals surface area contributed by atoms with Crippen molar-refractivity contribution in [1.82, 2.24) is 0 Å². The van der Waals surface area contributed by atoms with E-state index in [4.69, 9.17) is 0 Å². The molecule has 4 aliphatic heterocycles. The van der Waals surface area contributed by atoms with Gasteiger partial charge in [-0.05, 0) is 46.6 Å². The second-order valence-electron chi connectivity index (χ2n) is 5.08. The summed E-state index contributed by atoms with van der Waals surface area (Å²) in [6.07, 6.45) is 9.12. The fourth-order valence-corrected chi connectivity index (χ4v) is 15.1. The van der Waals surface area contributed by atoms with E-state index in [9.17, 15) is 0 Å². The maximum absolute atomic E-state index is 2.31. The van der Waals surface area contributed by atoms with Crippen molar-refractivity contribution in [3.8, 4) is 0 Å². The summed E-state index contributed by atoms with van der Waals surface area (Å²) in [5.74, 6) is 2.28. The molecule has 28 heavy (non-hydrogen) atoms. The lowest BCUT2D eigenvalue weighted by molar-refractivity contribution is 1.53. The molecule has 0 atom stereocenters. The molecule has 0 N–H and O–H groups in total. The summed E-state index contributed by atoms with van der Waals surface area (Å²) in [7, 11) is 0. The maximum Gasteiger partial charge on any atom is 0.0716 e. The fourth-order valence-electron chi connectivity index (χ4n) is 2.11. The van der Waals surface area contributed by atoms with E-state index in [2.05, 4.69) is 49.0 Å². The van der Waals surface area contributed by atoms with E-state index < -0.39 is 0 Å². The van der Waals surface area contributed by atoms with Gasteiger partial charge in [0.05, 0.1) is 29.7 Å². The summed E-state index contributed by atoms with van der Waals surface area (Å²) in [6.45, 7) is 4.47. The number of rotatable bonds is 6. The Bertz CT molecular complexity index is 804. The van der Waals surface area contributed by atoms with Gasteiger partial charge in [-0.15, -0.1) is 23.5 Å². The molecule has 0 spiro atoms. The first-order valence-electron chi connectivity index (χ1n) is 8.38. The van der Waals surface area contributed by atoms with Gasteiger partial charge < -0.3 is 0 Å². The van der Waals surface area contributed by atoms with Crippen molar-refractivity contribution in [3.05, 3.63) is 69.0 Å². The Morgan fingerprint density at radius 1 is 0.607 bits per heavy atom. The largest absolute Gasteiger partial charge is 0.118 e. The lowest BCUT2D eigenvalue weighted by Crippen LogP contribution is -1.72. The highest BCUT2D eigenvalue weighted by molar-refractivity contribution is 8.48. The molecule has 0 aromatic rings. The van der Waals surface area contributed by atoms with Crippen molar-refractivity contribution in [2.24, 2.45) is 0 Å². The van der Waals surface area contributed by atoms with Gasteiger partial charge in [0, 0.05) is 4.24 Å². The first-order valence-corrected chi connectivity index (χ1v) is 17.0. The predicted octanol–water partition coefficient (Wildman–Crippen LogP) is 10.5. The van der Waals surface area contributed by atoms with Gasteiger partial charge in [0.25, 0.3) is 0 Å². The number of hydrogen-bond acceptors (Lipinski definition) is 10. The summed E-state index contributed by atoms with van der Waals surface area (Å²) < 4.78 is 11.4. The lowest BCUT2D eigenvalue weighted by Gasteiger charge is -2.01. The zero-order valence-corrected chi connectivity index (χ0v) is 23.1. The second kappa shape index (κ2) is 11.5. The van der Waals surface area contributed by atoms with Crippen molar-refractivity contribution >= 4 is 118 Å². The van der Waals surface area contributed by atoms with Crippen molar-refractivity contribution < 1.29 is 0 Å². The van der Waals surface area contributed by atoms with E-state index >= 15 is 0 Å². The van der Waals surface area contributed by atoms with Crippen LogP contribution in [0.5, 0.6) is 0 Å². The molecule has 10 heteroatoms. The van der Waals surface area contributed by atoms with Crippen molar-refractivity contribution in [3.63, 3.8) is 0 Å². The Balaban J connectivity index is 1.32. The molecule has 0 amide bonds. The van der Waals surface area contributed by atoms with Gasteiger partial charge in [-0.2, -0.15) is 0 Å². The van der Waals surface area contributed by atoms with Gasteiger partial charge in [-0.1, -0.05) is 108 Å². The number of allylic oxidation sites excluding steroid dienone is 4. The Hall–Kier alpha value is 1.68. The van der Waals surface area contributed by atoms with E-state index in [1.807, 2.05) is 94.1 Å². The van der Waals surface area contributed by atoms with Crippen LogP contribution in [0.15, 0.2) is 69.0 Å². The summed E-state index contributed by atoms with van der Waals surface area (Å²) in [5.41, 5.74) is 0. The van der Waals surface area contributed by atoms with Gasteiger partial charge >= 0.3 is 0 Å². The molecular weight excluding hydrogens is 537 g/mol. The van der Waals surface area contributed by atoms with Crippen LogP contribution in [0.3, 0.4) is 0 Å². The van der Waals surface area contributed by atoms with Crippen LogP contribution in [0, 0.1) is 0 Å². The number of thioether (sulfide) groups is 10. The fraction of sp³-hybridized carbons (Fsp3) is 0.222. The third-order valence-corrected chi connectivity index (χ3v) is 15.8. The van der Waals surface area contributed by atoms with Gasteiger partial charge in [-0.25, -0.2) is 0 Å². The molecular formula is C18H16S10. The second-order valence-corrected chi connectivity index (χ2v) is 17.9. The molecule has 0 unspecified atom stereocenters. The molecule has 4 heterocycles.